The second-order valence-electron chi connectivity index (χ2n) is 11.4. The molecule has 11 heteroatoms. The number of nitrogens with zero attached hydrogens (tertiary/aromatic N) is 2. The lowest BCUT2D eigenvalue weighted by Gasteiger charge is -2.19. The lowest BCUT2D eigenvalue weighted by Crippen LogP contribution is -2.24. The third kappa shape index (κ3) is 11.8. The van der Waals surface area contributed by atoms with E-state index in [0.717, 1.165) is 0 Å². The van der Waals surface area contributed by atoms with Gasteiger partial charge in [-0.15, -0.1) is 0 Å². The van der Waals surface area contributed by atoms with Crippen molar-refractivity contribution in [1.82, 2.24) is 9.97 Å². The van der Waals surface area contributed by atoms with Crippen LogP contribution in [0.5, 0.6) is 5.75 Å². The summed E-state index contributed by atoms with van der Waals surface area (Å²) in [5.74, 6) is -0.751. The lowest BCUT2D eigenvalue weighted by molar-refractivity contribution is 0.00567. The topological polar surface area (TPSA) is 87.6 Å². The van der Waals surface area contributed by atoms with Crippen LogP contribution < -0.4 is 4.74 Å². The number of pyridine rings is 2. The van der Waals surface area contributed by atoms with Gasteiger partial charge in [0.1, 0.15) is 38.2 Å². The van der Waals surface area contributed by atoms with E-state index in [1.807, 2.05) is 13.8 Å². The van der Waals surface area contributed by atoms with E-state index in [2.05, 4.69) is 9.97 Å². The third-order valence-electron chi connectivity index (χ3n) is 4.65. The van der Waals surface area contributed by atoms with Crippen molar-refractivity contribution in [3.8, 4) is 17.0 Å². The molecule has 0 amide bonds. The Labute approximate surface area is 255 Å². The first-order chi connectivity index (χ1) is 18.8. The van der Waals surface area contributed by atoms with E-state index in [4.69, 9.17) is 49.0 Å². The van der Waals surface area contributed by atoms with Gasteiger partial charge < -0.3 is 14.2 Å². The van der Waals surface area contributed by atoms with Crippen LogP contribution in [0.1, 0.15) is 76.1 Å². The number of aromatic nitrogens is 2. The highest BCUT2D eigenvalue weighted by Gasteiger charge is 2.22. The molecule has 3 aromatic rings. The predicted molar refractivity (Wildman–Crippen MR) is 160 cm³/mol. The first-order valence-electron chi connectivity index (χ1n) is 12.7. The first-order valence-corrected chi connectivity index (χ1v) is 13.9. The Bertz CT molecular complexity index is 1390. The molecule has 0 atom stereocenters. The predicted octanol–water partition coefficient (Wildman–Crippen LogP) is 8.87. The van der Waals surface area contributed by atoms with Crippen LogP contribution in [-0.4, -0.2) is 39.7 Å². The molecule has 0 bridgehead atoms. The second kappa shape index (κ2) is 14.3. The van der Waals surface area contributed by atoms with Gasteiger partial charge >= 0.3 is 11.9 Å². The number of halogens is 4. The zero-order valence-corrected chi connectivity index (χ0v) is 26.5. The van der Waals surface area contributed by atoms with Crippen molar-refractivity contribution in [3.63, 3.8) is 0 Å². The molecule has 0 unspecified atom stereocenters. The molecule has 0 aliphatic heterocycles. The molecule has 0 aliphatic carbocycles. The normalized spacial score (nSPS) is 11.4. The van der Waals surface area contributed by atoms with Crippen LogP contribution in [0.4, 0.5) is 4.39 Å². The Morgan fingerprint density at radius 2 is 1.32 bits per heavy atom. The number of carbonyl (C=O) groups excluding carboxylic acids is 2. The summed E-state index contributed by atoms with van der Waals surface area (Å²) in [6.45, 7) is 15.2. The van der Waals surface area contributed by atoms with Crippen LogP contribution in [0.3, 0.4) is 0 Å². The van der Waals surface area contributed by atoms with E-state index in [0.29, 0.717) is 29.5 Å². The first kappa shape index (κ1) is 34.3. The number of ether oxygens (including phenoxy) is 3. The summed E-state index contributed by atoms with van der Waals surface area (Å²) in [6, 6.07) is 10.5. The van der Waals surface area contributed by atoms with Gasteiger partial charge in [0.25, 0.3) is 0 Å². The highest BCUT2D eigenvalue weighted by atomic mass is 35.5. The smallest absolute Gasteiger partial charge is 0.341 e. The van der Waals surface area contributed by atoms with Crippen LogP contribution >= 0.6 is 34.8 Å². The largest absolute Gasteiger partial charge is 0.493 e. The maximum absolute atomic E-state index is 13.9. The van der Waals surface area contributed by atoms with Gasteiger partial charge in [-0.3, -0.25) is 0 Å². The minimum Gasteiger partial charge on any atom is -0.493 e. The van der Waals surface area contributed by atoms with E-state index in [1.165, 1.54) is 30.3 Å². The van der Waals surface area contributed by atoms with Gasteiger partial charge in [0.2, 0.25) is 0 Å². The fourth-order valence-electron chi connectivity index (χ4n) is 3.03. The minimum absolute atomic E-state index is 0.00524. The van der Waals surface area contributed by atoms with E-state index >= 15 is 0 Å². The average Bonchev–Trinajstić information content (AvgIpc) is 2.80. The molecule has 0 saturated carbocycles. The lowest BCUT2D eigenvalue weighted by atomic mass is 10.1. The Hall–Kier alpha value is -2.94. The highest BCUT2D eigenvalue weighted by Crippen LogP contribution is 2.28. The summed E-state index contributed by atoms with van der Waals surface area (Å²) in [5, 5.41) is 0.301. The molecule has 2 heterocycles. The maximum atomic E-state index is 13.9. The van der Waals surface area contributed by atoms with E-state index in [-0.39, 0.29) is 26.6 Å². The van der Waals surface area contributed by atoms with E-state index in [9.17, 15) is 14.0 Å². The quantitative estimate of drug-likeness (QED) is 0.199. The number of rotatable bonds is 6. The Morgan fingerprint density at radius 3 is 1.78 bits per heavy atom. The molecule has 0 radical (unpaired) electrons. The van der Waals surface area contributed by atoms with E-state index in [1.54, 1.807) is 53.7 Å². The summed E-state index contributed by atoms with van der Waals surface area (Å²) in [6.07, 6.45) is 0. The van der Waals surface area contributed by atoms with E-state index < -0.39 is 29.0 Å². The molecule has 7 nitrogen and oxygen atoms in total. The highest BCUT2D eigenvalue weighted by molar-refractivity contribution is 6.34. The van der Waals surface area contributed by atoms with Crippen LogP contribution in [0.2, 0.25) is 15.5 Å². The van der Waals surface area contributed by atoms with Crippen molar-refractivity contribution in [2.75, 3.05) is 6.61 Å². The number of hydrogen-bond donors (Lipinski definition) is 0. The standard InChI is InChI=1S/C20H23ClFNO3.C10H11Cl2NO2/c1-12(2)11-25-15-9-13(8-14(22)10-15)17-7-6-16(18(21)23-17)19(24)26-20(3,4)5;1-10(2,3)15-9(14)6-4-5-7(11)13-8(6)12/h6-10,12H,11H2,1-5H3;4-5H,1-3H3. The van der Waals surface area contributed by atoms with Crippen LogP contribution in [0, 0.1) is 11.7 Å². The van der Waals surface area contributed by atoms with Crippen molar-refractivity contribution in [2.45, 2.75) is 66.6 Å². The van der Waals surface area contributed by atoms with Crippen molar-refractivity contribution >= 4 is 46.7 Å². The minimum atomic E-state index is -0.635. The number of esters is 2. The molecule has 41 heavy (non-hydrogen) atoms. The van der Waals surface area contributed by atoms with Crippen LogP contribution in [0.25, 0.3) is 11.3 Å². The van der Waals surface area contributed by atoms with Crippen LogP contribution in [0.15, 0.2) is 42.5 Å². The van der Waals surface area contributed by atoms with Crippen molar-refractivity contribution in [1.29, 1.82) is 0 Å². The van der Waals surface area contributed by atoms with Crippen molar-refractivity contribution in [3.05, 3.63) is 74.9 Å². The van der Waals surface area contributed by atoms with Crippen molar-refractivity contribution < 1.29 is 28.2 Å². The maximum Gasteiger partial charge on any atom is 0.341 e. The van der Waals surface area contributed by atoms with Crippen LogP contribution in [-0.2, 0) is 9.47 Å². The molecule has 3 rings (SSSR count). The van der Waals surface area contributed by atoms with Gasteiger partial charge in [0.15, 0.2) is 0 Å². The monoisotopic (exact) mass is 626 g/mol. The molecule has 2 aromatic heterocycles. The molecule has 0 saturated heterocycles. The molecular formula is C30H34Cl3FN2O5. The summed E-state index contributed by atoms with van der Waals surface area (Å²) < 4.78 is 29.9. The molecule has 0 spiro atoms. The fourth-order valence-corrected chi connectivity index (χ4v) is 3.69. The summed E-state index contributed by atoms with van der Waals surface area (Å²) in [7, 11) is 0. The number of hydrogen-bond acceptors (Lipinski definition) is 7. The third-order valence-corrected chi connectivity index (χ3v) is 5.44. The zero-order chi connectivity index (χ0) is 31.1. The Kier molecular flexibility index (Phi) is 11.9. The number of carbonyl (C=O) groups is 2. The molecule has 0 aliphatic rings. The SMILES string of the molecule is CC(C)(C)OC(=O)c1ccc(Cl)nc1Cl.CC(C)COc1cc(F)cc(-c2ccc(C(=O)OC(C)(C)C)c(Cl)n2)c1. The fraction of sp³-hybridized carbons (Fsp3) is 0.400. The van der Waals surface area contributed by atoms with Gasteiger partial charge in [-0.1, -0.05) is 48.7 Å². The van der Waals surface area contributed by atoms with Gasteiger partial charge in [-0.25, -0.2) is 23.9 Å². The van der Waals surface area contributed by atoms with Gasteiger partial charge in [-0.2, -0.15) is 0 Å². The molecule has 0 N–H and O–H groups in total. The number of benzene rings is 1. The summed E-state index contributed by atoms with van der Waals surface area (Å²) in [4.78, 5) is 31.7. The molecular weight excluding hydrogens is 594 g/mol. The van der Waals surface area contributed by atoms with Gasteiger partial charge in [0.05, 0.1) is 23.4 Å². The summed E-state index contributed by atoms with van der Waals surface area (Å²) >= 11 is 17.5. The van der Waals surface area contributed by atoms with Crippen molar-refractivity contribution in [2.24, 2.45) is 5.92 Å². The molecule has 1 aromatic carbocycles. The molecule has 222 valence electrons. The average molecular weight is 628 g/mol. The Morgan fingerprint density at radius 1 is 0.805 bits per heavy atom. The summed E-state index contributed by atoms with van der Waals surface area (Å²) in [5.41, 5.74) is 0.149. The van der Waals surface area contributed by atoms with Gasteiger partial charge in [0, 0.05) is 11.6 Å². The van der Waals surface area contributed by atoms with Gasteiger partial charge in [-0.05, 0) is 83.9 Å². The zero-order valence-electron chi connectivity index (χ0n) is 24.3. The molecule has 0 fully saturated rings. The Balaban J connectivity index is 0.000000333. The second-order valence-corrected chi connectivity index (χ2v) is 12.5.